The van der Waals surface area contributed by atoms with E-state index >= 15 is 0 Å². The van der Waals surface area contributed by atoms with Crippen LogP contribution in [0.2, 0.25) is 5.15 Å². The number of halogens is 1. The fraction of sp³-hybridized carbons (Fsp3) is 0.696. The SMILES string of the molecule is C=C(NCC)OC(=NC)c1cnc(N2CC(CC)N(C3CCN(C)CC3)C[C@H]2C)c(Cl)n1. The zero-order chi connectivity index (χ0) is 23.3. The van der Waals surface area contributed by atoms with E-state index in [1.807, 2.05) is 6.92 Å². The van der Waals surface area contributed by atoms with Crippen LogP contribution >= 0.6 is 11.6 Å². The average molecular weight is 464 g/mol. The van der Waals surface area contributed by atoms with Gasteiger partial charge in [0.25, 0.3) is 0 Å². The van der Waals surface area contributed by atoms with E-state index in [2.05, 4.69) is 62.5 Å². The quantitative estimate of drug-likeness (QED) is 0.378. The molecule has 0 aromatic carbocycles. The lowest BCUT2D eigenvalue weighted by Crippen LogP contribution is -2.61. The van der Waals surface area contributed by atoms with Crippen LogP contribution in [0, 0.1) is 0 Å². The number of nitrogens with zero attached hydrogens (tertiary/aromatic N) is 6. The molecule has 1 N–H and O–H groups in total. The Morgan fingerprint density at radius 1 is 1.31 bits per heavy atom. The number of rotatable bonds is 7. The number of likely N-dealkylation sites (tertiary alicyclic amines) is 1. The summed E-state index contributed by atoms with van der Waals surface area (Å²) in [6, 6.07) is 1.45. The lowest BCUT2D eigenvalue weighted by atomic mass is 9.96. The molecular formula is C23H38ClN7O. The summed E-state index contributed by atoms with van der Waals surface area (Å²) in [5, 5.41) is 3.39. The van der Waals surface area contributed by atoms with Crippen molar-refractivity contribution in [2.24, 2.45) is 4.99 Å². The van der Waals surface area contributed by atoms with Crippen molar-refractivity contribution in [3.8, 4) is 0 Å². The third kappa shape index (κ3) is 5.71. The molecule has 0 saturated carbocycles. The van der Waals surface area contributed by atoms with E-state index in [1.54, 1.807) is 13.2 Å². The highest BCUT2D eigenvalue weighted by Crippen LogP contribution is 2.31. The van der Waals surface area contributed by atoms with Gasteiger partial charge in [-0.05, 0) is 59.8 Å². The number of ether oxygens (including phenoxy) is 1. The molecule has 0 amide bonds. The van der Waals surface area contributed by atoms with Gasteiger partial charge >= 0.3 is 0 Å². The summed E-state index contributed by atoms with van der Waals surface area (Å²) in [5.74, 6) is 1.48. The molecule has 2 saturated heterocycles. The third-order valence-electron chi connectivity index (χ3n) is 6.51. The van der Waals surface area contributed by atoms with Crippen molar-refractivity contribution in [1.29, 1.82) is 0 Å². The zero-order valence-electron chi connectivity index (χ0n) is 20.1. The smallest absolute Gasteiger partial charge is 0.243 e. The molecule has 178 valence electrons. The third-order valence-corrected chi connectivity index (χ3v) is 6.77. The number of nitrogens with one attached hydrogen (secondary N) is 1. The highest BCUT2D eigenvalue weighted by molar-refractivity contribution is 6.31. The molecule has 1 unspecified atom stereocenters. The van der Waals surface area contributed by atoms with Gasteiger partial charge in [-0.15, -0.1) is 0 Å². The highest BCUT2D eigenvalue weighted by Gasteiger charge is 2.37. The van der Waals surface area contributed by atoms with E-state index in [-0.39, 0.29) is 0 Å². The number of hydrogen-bond donors (Lipinski definition) is 1. The molecular weight excluding hydrogens is 426 g/mol. The minimum Gasteiger partial charge on any atom is -0.422 e. The van der Waals surface area contributed by atoms with Gasteiger partial charge in [-0.1, -0.05) is 18.5 Å². The Morgan fingerprint density at radius 2 is 2.03 bits per heavy atom. The van der Waals surface area contributed by atoms with Crippen molar-refractivity contribution in [2.75, 3.05) is 51.7 Å². The van der Waals surface area contributed by atoms with E-state index in [9.17, 15) is 0 Å². The summed E-state index contributed by atoms with van der Waals surface area (Å²) in [6.07, 6.45) is 5.27. The average Bonchev–Trinajstić information content (AvgIpc) is 2.78. The fourth-order valence-electron chi connectivity index (χ4n) is 4.72. The van der Waals surface area contributed by atoms with Crippen molar-refractivity contribution in [1.82, 2.24) is 25.1 Å². The molecule has 3 rings (SSSR count). The summed E-state index contributed by atoms with van der Waals surface area (Å²) in [4.78, 5) is 20.9. The van der Waals surface area contributed by atoms with Crippen molar-refractivity contribution in [2.45, 2.75) is 58.2 Å². The number of hydrogen-bond acceptors (Lipinski definition) is 8. The molecule has 3 heterocycles. The van der Waals surface area contributed by atoms with Crippen LogP contribution in [0.15, 0.2) is 23.7 Å². The lowest BCUT2D eigenvalue weighted by Gasteiger charge is -2.50. The Hall–Kier alpha value is -1.90. The number of aliphatic imine (C=N–C) groups is 1. The minimum absolute atomic E-state index is 0.305. The standard InChI is InChI=1S/C23H38ClN7O/c1-7-18-15-30(16(3)14-31(18)19-9-11-29(6)12-10-19)22-21(24)28-20(13-27-22)23(25-5)32-17(4)26-8-2/h13,16,18-19,26H,4,7-12,14-15H2,1-3,5-6H3/t16-,18?/m1/s1. The first-order valence-corrected chi connectivity index (χ1v) is 12.1. The summed E-state index contributed by atoms with van der Waals surface area (Å²) >= 11 is 6.64. The molecule has 2 fully saturated rings. The van der Waals surface area contributed by atoms with Gasteiger partial charge in [0.15, 0.2) is 16.9 Å². The molecule has 1 aromatic rings. The maximum absolute atomic E-state index is 6.64. The Bertz CT molecular complexity index is 810. The molecule has 8 nitrogen and oxygen atoms in total. The Balaban J connectivity index is 1.74. The maximum Gasteiger partial charge on any atom is 0.243 e. The molecule has 0 radical (unpaired) electrons. The van der Waals surface area contributed by atoms with Gasteiger partial charge in [-0.25, -0.2) is 9.97 Å². The molecule has 0 spiro atoms. The van der Waals surface area contributed by atoms with Gasteiger partial charge in [0.05, 0.1) is 6.20 Å². The molecule has 9 heteroatoms. The van der Waals surface area contributed by atoms with Gasteiger partial charge in [0.2, 0.25) is 5.90 Å². The summed E-state index contributed by atoms with van der Waals surface area (Å²) < 4.78 is 5.67. The van der Waals surface area contributed by atoms with Crippen LogP contribution in [0.4, 0.5) is 5.82 Å². The van der Waals surface area contributed by atoms with Crippen LogP contribution in [0.25, 0.3) is 0 Å². The predicted molar refractivity (Wildman–Crippen MR) is 132 cm³/mol. The lowest BCUT2D eigenvalue weighted by molar-refractivity contribution is 0.0584. The van der Waals surface area contributed by atoms with Crippen LogP contribution < -0.4 is 10.2 Å². The predicted octanol–water partition coefficient (Wildman–Crippen LogP) is 2.99. The second-order valence-corrected chi connectivity index (χ2v) is 9.11. The van der Waals surface area contributed by atoms with Gasteiger partial charge in [0, 0.05) is 44.8 Å². The van der Waals surface area contributed by atoms with Crippen molar-refractivity contribution in [3.63, 3.8) is 0 Å². The number of aromatic nitrogens is 2. The van der Waals surface area contributed by atoms with Crippen LogP contribution in [0.1, 0.15) is 45.7 Å². The summed E-state index contributed by atoms with van der Waals surface area (Å²) in [7, 11) is 3.86. The van der Waals surface area contributed by atoms with E-state index in [0.717, 1.165) is 25.3 Å². The first-order valence-electron chi connectivity index (χ1n) is 11.7. The molecule has 1 aromatic heterocycles. The van der Waals surface area contributed by atoms with Crippen molar-refractivity contribution in [3.05, 3.63) is 29.5 Å². The van der Waals surface area contributed by atoms with Crippen molar-refractivity contribution >= 4 is 23.3 Å². The Labute approximate surface area is 197 Å². The van der Waals surface area contributed by atoms with Gasteiger partial charge < -0.3 is 19.9 Å². The van der Waals surface area contributed by atoms with Crippen LogP contribution in [0.5, 0.6) is 0 Å². The first-order chi connectivity index (χ1) is 15.4. The van der Waals surface area contributed by atoms with Crippen LogP contribution in [-0.4, -0.2) is 90.6 Å². The van der Waals surface area contributed by atoms with E-state index in [1.165, 1.54) is 25.9 Å². The topological polar surface area (TPSA) is 69.1 Å². The normalized spacial score (nSPS) is 23.9. The van der Waals surface area contributed by atoms with E-state index in [0.29, 0.717) is 47.3 Å². The Morgan fingerprint density at radius 3 is 2.62 bits per heavy atom. The second kappa shape index (κ2) is 11.3. The molecule has 2 atom stereocenters. The summed E-state index contributed by atoms with van der Waals surface area (Å²) in [5.41, 5.74) is 0.491. The van der Waals surface area contributed by atoms with Crippen molar-refractivity contribution < 1.29 is 4.74 Å². The Kier molecular flexibility index (Phi) is 8.73. The van der Waals surface area contributed by atoms with Gasteiger partial charge in [0.1, 0.15) is 5.69 Å². The van der Waals surface area contributed by atoms with E-state index < -0.39 is 0 Å². The molecule has 32 heavy (non-hydrogen) atoms. The van der Waals surface area contributed by atoms with Gasteiger partial charge in [-0.2, -0.15) is 0 Å². The van der Waals surface area contributed by atoms with E-state index in [4.69, 9.17) is 16.3 Å². The number of piperazine rings is 1. The second-order valence-electron chi connectivity index (χ2n) is 8.75. The molecule has 2 aliphatic heterocycles. The monoisotopic (exact) mass is 463 g/mol. The first kappa shape index (κ1) is 24.7. The number of piperidine rings is 1. The van der Waals surface area contributed by atoms with Crippen LogP contribution in [0.3, 0.4) is 0 Å². The molecule has 2 aliphatic rings. The number of anilines is 1. The van der Waals surface area contributed by atoms with Crippen LogP contribution in [-0.2, 0) is 4.74 Å². The highest BCUT2D eigenvalue weighted by atomic mass is 35.5. The summed E-state index contributed by atoms with van der Waals surface area (Å²) in [6.45, 7) is 15.3. The largest absolute Gasteiger partial charge is 0.422 e. The van der Waals surface area contributed by atoms with Gasteiger partial charge in [-0.3, -0.25) is 9.89 Å². The molecule has 0 bridgehead atoms. The maximum atomic E-state index is 6.64. The fourth-order valence-corrected chi connectivity index (χ4v) is 4.96. The minimum atomic E-state index is 0.305. The molecule has 0 aliphatic carbocycles. The zero-order valence-corrected chi connectivity index (χ0v) is 20.9.